The van der Waals surface area contributed by atoms with Gasteiger partial charge in [0.15, 0.2) is 5.82 Å². The molecule has 1 aromatic carbocycles. The number of aromatic nitrogens is 2. The molecule has 5 heteroatoms. The summed E-state index contributed by atoms with van der Waals surface area (Å²) in [7, 11) is 0. The van der Waals surface area contributed by atoms with E-state index in [1.807, 2.05) is 6.07 Å². The van der Waals surface area contributed by atoms with Crippen molar-refractivity contribution >= 4 is 33.3 Å². The fourth-order valence-corrected chi connectivity index (χ4v) is 2.29. The van der Waals surface area contributed by atoms with Gasteiger partial charge in [0, 0.05) is 16.7 Å². The molecular weight excluding hydrogens is 316 g/mol. The lowest BCUT2D eigenvalue weighted by molar-refractivity contribution is 0.965. The van der Waals surface area contributed by atoms with Crippen molar-refractivity contribution in [2.75, 3.05) is 17.2 Å². The van der Waals surface area contributed by atoms with Crippen LogP contribution in [0.5, 0.6) is 0 Å². The van der Waals surface area contributed by atoms with E-state index in [0.29, 0.717) is 0 Å². The Morgan fingerprint density at radius 3 is 2.70 bits per heavy atom. The van der Waals surface area contributed by atoms with E-state index >= 15 is 0 Å². The van der Waals surface area contributed by atoms with Crippen molar-refractivity contribution in [1.29, 1.82) is 0 Å². The number of hydrogen-bond donors (Lipinski definition) is 2. The number of nitrogens with zero attached hydrogens (tertiary/aromatic N) is 2. The van der Waals surface area contributed by atoms with E-state index in [9.17, 15) is 0 Å². The number of hydrogen-bond acceptors (Lipinski definition) is 4. The Morgan fingerprint density at radius 1 is 1.15 bits per heavy atom. The number of aryl methyl sites for hydroxylation is 1. The maximum atomic E-state index is 4.51. The van der Waals surface area contributed by atoms with Crippen LogP contribution in [-0.2, 0) is 6.42 Å². The average Bonchev–Trinajstić information content (AvgIpc) is 2.47. The Balaban J connectivity index is 2.17. The lowest BCUT2D eigenvalue weighted by Crippen LogP contribution is -2.04. The van der Waals surface area contributed by atoms with Gasteiger partial charge in [0.2, 0.25) is 0 Å². The number of anilines is 3. The van der Waals surface area contributed by atoms with Crippen LogP contribution in [-0.4, -0.2) is 16.5 Å². The molecule has 0 aliphatic rings. The van der Waals surface area contributed by atoms with Crippen molar-refractivity contribution < 1.29 is 0 Å². The lowest BCUT2D eigenvalue weighted by Gasteiger charge is -2.11. The smallest absolute Gasteiger partial charge is 0.151 e. The van der Waals surface area contributed by atoms with Gasteiger partial charge in [-0.05, 0) is 36.6 Å². The highest BCUT2D eigenvalue weighted by molar-refractivity contribution is 9.10. The Kier molecular flexibility index (Phi) is 5.35. The van der Waals surface area contributed by atoms with Gasteiger partial charge in [0.1, 0.15) is 5.82 Å². The molecule has 2 rings (SSSR count). The van der Waals surface area contributed by atoms with Crippen molar-refractivity contribution in [3.63, 3.8) is 0 Å². The van der Waals surface area contributed by atoms with E-state index in [0.717, 1.165) is 41.2 Å². The van der Waals surface area contributed by atoms with Crippen LogP contribution in [0.1, 0.15) is 25.8 Å². The van der Waals surface area contributed by atoms with Gasteiger partial charge < -0.3 is 10.6 Å². The van der Waals surface area contributed by atoms with Crippen molar-refractivity contribution in [3.8, 4) is 0 Å². The summed E-state index contributed by atoms with van der Waals surface area (Å²) in [5.41, 5.74) is 2.31. The van der Waals surface area contributed by atoms with Crippen molar-refractivity contribution in [3.05, 3.63) is 40.6 Å². The predicted octanol–water partition coefficient (Wildman–Crippen LogP) is 4.37. The van der Waals surface area contributed by atoms with Gasteiger partial charge in [0.25, 0.3) is 0 Å². The first-order chi connectivity index (χ1) is 9.72. The maximum Gasteiger partial charge on any atom is 0.151 e. The summed E-state index contributed by atoms with van der Waals surface area (Å²) in [6.07, 6.45) is 5.50. The molecule has 0 unspecified atom stereocenters. The van der Waals surface area contributed by atoms with Gasteiger partial charge in [-0.2, -0.15) is 0 Å². The van der Waals surface area contributed by atoms with Crippen molar-refractivity contribution in [2.24, 2.45) is 0 Å². The minimum Gasteiger partial charge on any atom is -0.369 e. The molecule has 0 fully saturated rings. The summed E-state index contributed by atoms with van der Waals surface area (Å²) >= 11 is 3.50. The molecule has 1 heterocycles. The first-order valence-corrected chi connectivity index (χ1v) is 7.63. The second-order valence-corrected chi connectivity index (χ2v) is 5.41. The topological polar surface area (TPSA) is 49.8 Å². The summed E-state index contributed by atoms with van der Waals surface area (Å²) in [4.78, 5) is 8.72. The van der Waals surface area contributed by atoms with E-state index in [1.54, 1.807) is 12.4 Å². The number of rotatable bonds is 6. The van der Waals surface area contributed by atoms with Crippen LogP contribution in [0.2, 0.25) is 0 Å². The van der Waals surface area contributed by atoms with Crippen LogP contribution in [0.25, 0.3) is 0 Å². The highest BCUT2D eigenvalue weighted by atomic mass is 79.9. The molecule has 0 aliphatic carbocycles. The second-order valence-electron chi connectivity index (χ2n) is 4.50. The number of halogens is 1. The Morgan fingerprint density at radius 2 is 1.95 bits per heavy atom. The zero-order chi connectivity index (χ0) is 14.4. The third-order valence-electron chi connectivity index (χ3n) is 2.90. The molecule has 0 amide bonds. The van der Waals surface area contributed by atoms with Gasteiger partial charge >= 0.3 is 0 Å². The lowest BCUT2D eigenvalue weighted by atomic mass is 10.1. The average molecular weight is 335 g/mol. The molecule has 1 aromatic heterocycles. The Bertz CT molecular complexity index is 572. The van der Waals surface area contributed by atoms with Crippen molar-refractivity contribution in [2.45, 2.75) is 26.7 Å². The van der Waals surface area contributed by atoms with Gasteiger partial charge in [-0.1, -0.05) is 29.8 Å². The summed E-state index contributed by atoms with van der Waals surface area (Å²) in [5.74, 6) is 1.55. The van der Waals surface area contributed by atoms with Crippen molar-refractivity contribution in [1.82, 2.24) is 9.97 Å². The van der Waals surface area contributed by atoms with Gasteiger partial charge in [-0.3, -0.25) is 4.98 Å². The summed E-state index contributed by atoms with van der Waals surface area (Å²) in [5, 5.41) is 6.57. The van der Waals surface area contributed by atoms with E-state index in [1.165, 1.54) is 5.56 Å². The van der Waals surface area contributed by atoms with Crippen LogP contribution in [0.3, 0.4) is 0 Å². The van der Waals surface area contributed by atoms with Gasteiger partial charge in [-0.25, -0.2) is 4.98 Å². The molecule has 0 atom stereocenters. The highest BCUT2D eigenvalue weighted by Gasteiger charge is 2.04. The van der Waals surface area contributed by atoms with Gasteiger partial charge in [0.05, 0.1) is 12.4 Å². The molecule has 0 saturated carbocycles. The zero-order valence-electron chi connectivity index (χ0n) is 11.8. The molecular formula is C15H19BrN4. The normalized spacial score (nSPS) is 10.3. The third-order valence-corrected chi connectivity index (χ3v) is 3.39. The zero-order valence-corrected chi connectivity index (χ0v) is 13.4. The number of nitrogens with one attached hydrogen (secondary N) is 2. The minimum atomic E-state index is 0.753. The molecule has 106 valence electrons. The van der Waals surface area contributed by atoms with E-state index in [2.05, 4.69) is 62.5 Å². The molecule has 2 N–H and O–H groups in total. The SMILES string of the molecule is CCCNc1cncc(Nc2ccc(Br)cc2CC)n1. The molecule has 0 saturated heterocycles. The third kappa shape index (κ3) is 3.93. The van der Waals surface area contributed by atoms with Crippen LogP contribution in [0, 0.1) is 0 Å². The minimum absolute atomic E-state index is 0.753. The first kappa shape index (κ1) is 14.8. The van der Waals surface area contributed by atoms with Gasteiger partial charge in [-0.15, -0.1) is 0 Å². The standard InChI is InChI=1S/C15H19BrN4/c1-3-7-18-14-9-17-10-15(20-14)19-13-6-5-12(16)8-11(13)4-2/h5-6,8-10H,3-4,7H2,1-2H3,(H2,18,19,20). The Labute approximate surface area is 128 Å². The maximum absolute atomic E-state index is 4.51. The summed E-state index contributed by atoms with van der Waals surface area (Å²) in [6.45, 7) is 5.16. The molecule has 4 nitrogen and oxygen atoms in total. The highest BCUT2D eigenvalue weighted by Crippen LogP contribution is 2.24. The molecule has 0 spiro atoms. The molecule has 0 aliphatic heterocycles. The van der Waals surface area contributed by atoms with E-state index < -0.39 is 0 Å². The van der Waals surface area contributed by atoms with E-state index in [-0.39, 0.29) is 0 Å². The quantitative estimate of drug-likeness (QED) is 0.823. The molecule has 0 radical (unpaired) electrons. The van der Waals surface area contributed by atoms with Crippen LogP contribution in [0.4, 0.5) is 17.3 Å². The monoisotopic (exact) mass is 334 g/mol. The second kappa shape index (κ2) is 7.24. The largest absolute Gasteiger partial charge is 0.369 e. The molecule has 20 heavy (non-hydrogen) atoms. The Hall–Kier alpha value is -1.62. The molecule has 2 aromatic rings. The summed E-state index contributed by atoms with van der Waals surface area (Å²) in [6, 6.07) is 6.19. The molecule has 0 bridgehead atoms. The fraction of sp³-hybridized carbons (Fsp3) is 0.333. The first-order valence-electron chi connectivity index (χ1n) is 6.84. The van der Waals surface area contributed by atoms with Crippen LogP contribution >= 0.6 is 15.9 Å². The fourth-order valence-electron chi connectivity index (χ4n) is 1.88. The predicted molar refractivity (Wildman–Crippen MR) is 87.6 cm³/mol. The summed E-state index contributed by atoms with van der Waals surface area (Å²) < 4.78 is 1.09. The number of benzene rings is 1. The van der Waals surface area contributed by atoms with Crippen LogP contribution < -0.4 is 10.6 Å². The van der Waals surface area contributed by atoms with E-state index in [4.69, 9.17) is 0 Å². The van der Waals surface area contributed by atoms with Crippen LogP contribution in [0.15, 0.2) is 35.1 Å².